The standard InChI is InChI=1S/C24H19ClF3N3O3/c1-11-9-12(25)10-14-19(11)29-22(34)23(14)18-17(16-7-4-8-30(16)23)20(32)31(21(18)33)15-6-3-2-5-13(15)24(26,27)28/h2-3,5-6,9-10,16-18H,4,7-8H2,1H3,(H,29,34)/t16-,17+,18-,23+/m0/s1. The molecule has 6 rings (SSSR count). The monoisotopic (exact) mass is 489 g/mol. The number of aryl methyl sites for hydroxylation is 1. The Kier molecular flexibility index (Phi) is 4.34. The topological polar surface area (TPSA) is 69.7 Å². The zero-order valence-corrected chi connectivity index (χ0v) is 18.7. The summed E-state index contributed by atoms with van der Waals surface area (Å²) in [7, 11) is 0. The van der Waals surface area contributed by atoms with Crippen LogP contribution in [0.4, 0.5) is 24.5 Å². The number of fused-ring (bicyclic) bond motifs is 7. The highest BCUT2D eigenvalue weighted by atomic mass is 35.5. The number of hydrogen-bond donors (Lipinski definition) is 1. The Bertz CT molecular complexity index is 1300. The van der Waals surface area contributed by atoms with Gasteiger partial charge in [0.15, 0.2) is 0 Å². The largest absolute Gasteiger partial charge is 0.418 e. The Balaban J connectivity index is 1.58. The van der Waals surface area contributed by atoms with Crippen LogP contribution in [0.5, 0.6) is 0 Å². The first-order valence-corrected chi connectivity index (χ1v) is 11.4. The third-order valence-electron chi connectivity index (χ3n) is 7.71. The van der Waals surface area contributed by atoms with E-state index in [2.05, 4.69) is 5.32 Å². The van der Waals surface area contributed by atoms with Gasteiger partial charge in [-0.1, -0.05) is 23.7 Å². The van der Waals surface area contributed by atoms with Gasteiger partial charge in [0.1, 0.15) is 5.54 Å². The van der Waals surface area contributed by atoms with E-state index < -0.39 is 58.6 Å². The molecular formula is C24H19ClF3N3O3. The number of nitrogens with zero attached hydrogens (tertiary/aromatic N) is 2. The molecule has 0 aromatic heterocycles. The van der Waals surface area contributed by atoms with E-state index in [1.165, 1.54) is 12.1 Å². The summed E-state index contributed by atoms with van der Waals surface area (Å²) >= 11 is 6.34. The van der Waals surface area contributed by atoms with Crippen molar-refractivity contribution in [2.45, 2.75) is 37.5 Å². The number of benzene rings is 2. The predicted molar refractivity (Wildman–Crippen MR) is 117 cm³/mol. The van der Waals surface area contributed by atoms with Gasteiger partial charge in [-0.15, -0.1) is 0 Å². The van der Waals surface area contributed by atoms with E-state index in [1.54, 1.807) is 19.1 Å². The maximum atomic E-state index is 13.9. The van der Waals surface area contributed by atoms with Crippen molar-refractivity contribution in [3.8, 4) is 0 Å². The number of hydrogen-bond acceptors (Lipinski definition) is 4. The van der Waals surface area contributed by atoms with Gasteiger partial charge in [-0.25, -0.2) is 4.90 Å². The highest BCUT2D eigenvalue weighted by Gasteiger charge is 2.75. The Morgan fingerprint density at radius 1 is 1.12 bits per heavy atom. The molecule has 0 saturated carbocycles. The molecule has 2 aromatic rings. The van der Waals surface area contributed by atoms with Gasteiger partial charge in [0.25, 0.3) is 0 Å². The molecule has 3 amide bonds. The number of amides is 3. The predicted octanol–water partition coefficient (Wildman–Crippen LogP) is 4.10. The van der Waals surface area contributed by atoms with Crippen molar-refractivity contribution in [1.82, 2.24) is 4.90 Å². The molecule has 4 heterocycles. The molecule has 2 aromatic carbocycles. The van der Waals surface area contributed by atoms with Crippen molar-refractivity contribution in [2.24, 2.45) is 11.8 Å². The molecule has 10 heteroatoms. The second-order valence-corrected chi connectivity index (χ2v) is 9.74. The smallest absolute Gasteiger partial charge is 0.324 e. The summed E-state index contributed by atoms with van der Waals surface area (Å²) < 4.78 is 41.3. The molecule has 4 atom stereocenters. The number of carbonyl (C=O) groups is 3. The molecule has 0 radical (unpaired) electrons. The van der Waals surface area contributed by atoms with Crippen molar-refractivity contribution in [2.75, 3.05) is 16.8 Å². The normalized spacial score (nSPS) is 30.2. The molecule has 3 fully saturated rings. The van der Waals surface area contributed by atoms with Crippen LogP contribution in [0.3, 0.4) is 0 Å². The van der Waals surface area contributed by atoms with Gasteiger partial charge in [-0.3, -0.25) is 19.3 Å². The van der Waals surface area contributed by atoms with Gasteiger partial charge in [0, 0.05) is 22.3 Å². The van der Waals surface area contributed by atoms with Crippen LogP contribution in [0, 0.1) is 18.8 Å². The molecule has 3 saturated heterocycles. The number of alkyl halides is 3. The van der Waals surface area contributed by atoms with Gasteiger partial charge in [0.2, 0.25) is 17.7 Å². The van der Waals surface area contributed by atoms with E-state index in [9.17, 15) is 27.6 Å². The van der Waals surface area contributed by atoms with Gasteiger partial charge >= 0.3 is 6.18 Å². The number of imide groups is 1. The average Bonchev–Trinajstić information content (AvgIpc) is 3.46. The molecular weight excluding hydrogens is 471 g/mol. The minimum atomic E-state index is -4.76. The van der Waals surface area contributed by atoms with Gasteiger partial charge in [0.05, 0.1) is 23.1 Å². The lowest BCUT2D eigenvalue weighted by molar-refractivity contribution is -0.138. The second kappa shape index (κ2) is 6.82. The fraction of sp³-hybridized carbons (Fsp3) is 0.375. The van der Waals surface area contributed by atoms with Crippen molar-refractivity contribution in [1.29, 1.82) is 0 Å². The lowest BCUT2D eigenvalue weighted by atomic mass is 9.75. The summed E-state index contributed by atoms with van der Waals surface area (Å²) in [5.41, 5.74) is -1.30. The molecule has 1 N–H and O–H groups in total. The quantitative estimate of drug-likeness (QED) is 0.612. The average molecular weight is 490 g/mol. The minimum Gasteiger partial charge on any atom is -0.324 e. The molecule has 176 valence electrons. The van der Waals surface area contributed by atoms with Gasteiger partial charge in [-0.2, -0.15) is 13.2 Å². The van der Waals surface area contributed by atoms with E-state index >= 15 is 0 Å². The Labute approximate surface area is 197 Å². The first-order chi connectivity index (χ1) is 16.1. The SMILES string of the molecule is Cc1cc(Cl)cc2c1NC(=O)[C@]21[C@@H]2C(=O)N(c3ccccc3C(F)(F)F)C(=O)[C@@H]2[C@@H]2CCCN21. The number of halogens is 4. The van der Waals surface area contributed by atoms with Crippen LogP contribution in [-0.2, 0) is 26.1 Å². The highest BCUT2D eigenvalue weighted by Crippen LogP contribution is 2.61. The first kappa shape index (κ1) is 21.6. The molecule has 4 aliphatic rings. The van der Waals surface area contributed by atoms with Crippen molar-refractivity contribution in [3.05, 3.63) is 58.1 Å². The number of anilines is 2. The first-order valence-electron chi connectivity index (χ1n) is 11.0. The summed E-state index contributed by atoms with van der Waals surface area (Å²) in [5, 5.41) is 3.25. The number of nitrogens with one attached hydrogen (secondary N) is 1. The number of rotatable bonds is 1. The fourth-order valence-electron chi connectivity index (χ4n) is 6.58. The third kappa shape index (κ3) is 2.49. The Morgan fingerprint density at radius 2 is 1.85 bits per heavy atom. The van der Waals surface area contributed by atoms with Gasteiger partial charge in [-0.05, 0) is 56.1 Å². The van der Waals surface area contributed by atoms with E-state index in [0.29, 0.717) is 46.1 Å². The lowest BCUT2D eigenvalue weighted by Gasteiger charge is -2.37. The summed E-state index contributed by atoms with van der Waals surface area (Å²) in [4.78, 5) is 43.8. The van der Waals surface area contributed by atoms with Crippen LogP contribution in [0.25, 0.3) is 0 Å². The van der Waals surface area contributed by atoms with E-state index in [1.807, 2.05) is 4.90 Å². The molecule has 1 spiro atoms. The highest BCUT2D eigenvalue weighted by molar-refractivity contribution is 6.31. The zero-order chi connectivity index (χ0) is 24.2. The molecule has 0 aliphatic carbocycles. The van der Waals surface area contributed by atoms with Crippen LogP contribution in [0.1, 0.15) is 29.5 Å². The van der Waals surface area contributed by atoms with Gasteiger partial charge < -0.3 is 5.32 Å². The van der Waals surface area contributed by atoms with Crippen LogP contribution in [0.2, 0.25) is 5.02 Å². The van der Waals surface area contributed by atoms with Crippen molar-refractivity contribution < 1.29 is 27.6 Å². The molecule has 4 aliphatic heterocycles. The van der Waals surface area contributed by atoms with Crippen molar-refractivity contribution >= 4 is 40.7 Å². The second-order valence-electron chi connectivity index (χ2n) is 9.30. The third-order valence-corrected chi connectivity index (χ3v) is 7.93. The van der Waals surface area contributed by atoms with Crippen LogP contribution >= 0.6 is 11.6 Å². The number of para-hydroxylation sites is 1. The molecule has 0 bridgehead atoms. The molecule has 0 unspecified atom stereocenters. The van der Waals surface area contributed by atoms with E-state index in [-0.39, 0.29) is 0 Å². The van der Waals surface area contributed by atoms with Crippen LogP contribution in [0.15, 0.2) is 36.4 Å². The lowest BCUT2D eigenvalue weighted by Crippen LogP contribution is -2.54. The van der Waals surface area contributed by atoms with E-state index in [0.717, 1.165) is 12.1 Å². The Hall–Kier alpha value is -2.91. The summed E-state index contributed by atoms with van der Waals surface area (Å²) in [6.07, 6.45) is -3.48. The zero-order valence-electron chi connectivity index (χ0n) is 17.9. The maximum Gasteiger partial charge on any atom is 0.418 e. The molecule has 6 nitrogen and oxygen atoms in total. The van der Waals surface area contributed by atoms with Crippen LogP contribution in [-0.4, -0.2) is 35.2 Å². The summed E-state index contributed by atoms with van der Waals surface area (Å²) in [6.45, 7) is 2.28. The number of carbonyl (C=O) groups excluding carboxylic acids is 3. The Morgan fingerprint density at radius 3 is 2.59 bits per heavy atom. The minimum absolute atomic E-state index is 0.377. The van der Waals surface area contributed by atoms with E-state index in [4.69, 9.17) is 11.6 Å². The maximum absolute atomic E-state index is 13.9. The summed E-state index contributed by atoms with van der Waals surface area (Å²) in [5.74, 6) is -4.00. The van der Waals surface area contributed by atoms with Crippen molar-refractivity contribution in [3.63, 3.8) is 0 Å². The fourth-order valence-corrected chi connectivity index (χ4v) is 6.85. The van der Waals surface area contributed by atoms with Crippen LogP contribution < -0.4 is 10.2 Å². The summed E-state index contributed by atoms with van der Waals surface area (Å²) in [6, 6.07) is 7.44. The molecule has 34 heavy (non-hydrogen) atoms.